The highest BCUT2D eigenvalue weighted by atomic mass is 16.5. The van der Waals surface area contributed by atoms with Gasteiger partial charge < -0.3 is 35.0 Å². The van der Waals surface area contributed by atoms with Crippen LogP contribution < -0.4 is 0 Å². The summed E-state index contributed by atoms with van der Waals surface area (Å²) in [6.07, 6.45) is -0.803. The van der Waals surface area contributed by atoms with Gasteiger partial charge in [-0.15, -0.1) is 0 Å². The number of rotatable bonds is 12. The number of hydrogen-bond donors (Lipinski definition) is 5. The van der Waals surface area contributed by atoms with Gasteiger partial charge in [-0.3, -0.25) is 0 Å². The molecule has 116 valence electrons. The van der Waals surface area contributed by atoms with Crippen molar-refractivity contribution in [3.8, 4) is 0 Å². The minimum absolute atomic E-state index is 0.0812. The molecular weight excluding hydrogens is 256 g/mol. The van der Waals surface area contributed by atoms with Crippen LogP contribution in [0.5, 0.6) is 0 Å². The van der Waals surface area contributed by atoms with Crippen molar-refractivity contribution in [1.82, 2.24) is 0 Å². The van der Waals surface area contributed by atoms with E-state index in [2.05, 4.69) is 0 Å². The van der Waals surface area contributed by atoms with Crippen LogP contribution in [0.15, 0.2) is 0 Å². The second-order valence-electron chi connectivity index (χ2n) is 4.51. The molecule has 0 aliphatic rings. The summed E-state index contributed by atoms with van der Waals surface area (Å²) in [5.74, 6) is -0.432. The Bertz CT molecular complexity index is 208. The lowest BCUT2D eigenvalue weighted by Gasteiger charge is -2.40. The van der Waals surface area contributed by atoms with Crippen molar-refractivity contribution in [2.75, 3.05) is 52.9 Å². The predicted molar refractivity (Wildman–Crippen MR) is 67.6 cm³/mol. The van der Waals surface area contributed by atoms with Gasteiger partial charge in [0.1, 0.15) is 0 Å². The van der Waals surface area contributed by atoms with Crippen LogP contribution in [0.1, 0.15) is 6.92 Å². The highest BCUT2D eigenvalue weighted by Crippen LogP contribution is 2.32. The van der Waals surface area contributed by atoms with Gasteiger partial charge >= 0.3 is 0 Å². The van der Waals surface area contributed by atoms with Crippen molar-refractivity contribution >= 4 is 0 Å². The van der Waals surface area contributed by atoms with E-state index >= 15 is 0 Å². The molecule has 0 rings (SSSR count). The van der Waals surface area contributed by atoms with E-state index < -0.39 is 30.7 Å². The molecule has 0 amide bonds. The first-order chi connectivity index (χ1) is 9.12. The molecule has 0 aromatic heterocycles. The molecule has 0 radical (unpaired) electrons. The molecule has 7 heteroatoms. The zero-order valence-electron chi connectivity index (χ0n) is 11.4. The maximum Gasteiger partial charge on any atom is 0.0910 e. The third-order valence-corrected chi connectivity index (χ3v) is 3.43. The molecule has 0 saturated heterocycles. The molecular formula is C12H26O7. The van der Waals surface area contributed by atoms with Crippen LogP contribution >= 0.6 is 0 Å². The van der Waals surface area contributed by atoms with Gasteiger partial charge in [0.05, 0.1) is 52.4 Å². The Morgan fingerprint density at radius 3 is 1.95 bits per heavy atom. The van der Waals surface area contributed by atoms with Crippen molar-refractivity contribution in [3.05, 3.63) is 0 Å². The zero-order chi connectivity index (χ0) is 14.7. The fourth-order valence-electron chi connectivity index (χ4n) is 1.88. The first kappa shape index (κ1) is 18.7. The molecule has 0 aliphatic heterocycles. The van der Waals surface area contributed by atoms with Crippen LogP contribution in [0.25, 0.3) is 0 Å². The molecule has 0 spiro atoms. The largest absolute Gasteiger partial charge is 0.396 e. The van der Waals surface area contributed by atoms with Crippen LogP contribution in [-0.2, 0) is 9.47 Å². The van der Waals surface area contributed by atoms with Gasteiger partial charge in [0.25, 0.3) is 0 Å². The Morgan fingerprint density at radius 1 is 0.895 bits per heavy atom. The highest BCUT2D eigenvalue weighted by Gasteiger charge is 2.43. The molecule has 7 nitrogen and oxygen atoms in total. The highest BCUT2D eigenvalue weighted by molar-refractivity contribution is 4.90. The minimum atomic E-state index is -1.11. The third-order valence-electron chi connectivity index (χ3n) is 3.43. The van der Waals surface area contributed by atoms with E-state index in [1.807, 2.05) is 0 Å². The topological polar surface area (TPSA) is 120 Å². The molecule has 0 fully saturated rings. The smallest absolute Gasteiger partial charge is 0.0910 e. The maximum absolute atomic E-state index is 9.49. The Kier molecular flexibility index (Phi) is 10.3. The normalized spacial score (nSPS) is 15.5. The number of ether oxygens (including phenoxy) is 2. The van der Waals surface area contributed by atoms with Crippen molar-refractivity contribution in [2.45, 2.75) is 13.0 Å². The number of hydrogen-bond acceptors (Lipinski definition) is 7. The minimum Gasteiger partial charge on any atom is -0.396 e. The van der Waals surface area contributed by atoms with Gasteiger partial charge in [-0.05, 0) is 5.92 Å². The van der Waals surface area contributed by atoms with Gasteiger partial charge in [-0.1, -0.05) is 6.92 Å². The summed E-state index contributed by atoms with van der Waals surface area (Å²) in [6.45, 7) is 0.742. The first-order valence-electron chi connectivity index (χ1n) is 6.36. The lowest BCUT2D eigenvalue weighted by atomic mass is 9.73. The monoisotopic (exact) mass is 282 g/mol. The summed E-state index contributed by atoms with van der Waals surface area (Å²) in [5, 5.41) is 46.1. The Labute approximate surface area is 113 Å². The molecule has 0 aliphatic carbocycles. The summed E-state index contributed by atoms with van der Waals surface area (Å²) in [5.41, 5.74) is -1.11. The van der Waals surface area contributed by atoms with Crippen LogP contribution in [0.4, 0.5) is 0 Å². The van der Waals surface area contributed by atoms with Gasteiger partial charge in [0, 0.05) is 12.0 Å². The van der Waals surface area contributed by atoms with Gasteiger partial charge in [-0.25, -0.2) is 0 Å². The summed E-state index contributed by atoms with van der Waals surface area (Å²) in [6, 6.07) is 0. The average Bonchev–Trinajstić information content (AvgIpc) is 2.45. The van der Waals surface area contributed by atoms with E-state index in [0.29, 0.717) is 0 Å². The number of aliphatic hydroxyl groups is 5. The summed E-state index contributed by atoms with van der Waals surface area (Å²) < 4.78 is 10.4. The fraction of sp³-hybridized carbons (Fsp3) is 1.00. The van der Waals surface area contributed by atoms with E-state index in [9.17, 15) is 20.4 Å². The molecule has 2 atom stereocenters. The molecule has 0 saturated carbocycles. The quantitative estimate of drug-likeness (QED) is 0.262. The van der Waals surface area contributed by atoms with Crippen LogP contribution in [0, 0.1) is 11.3 Å². The van der Waals surface area contributed by atoms with Crippen molar-refractivity contribution in [2.24, 2.45) is 11.3 Å². The van der Waals surface area contributed by atoms with E-state index in [-0.39, 0.29) is 39.6 Å². The van der Waals surface area contributed by atoms with Crippen molar-refractivity contribution < 1.29 is 35.0 Å². The molecule has 0 aromatic carbocycles. The third kappa shape index (κ3) is 5.31. The SMILES string of the molecule is CC(CO)C(CO)(CO)C(CO)OCCOCCO. The average molecular weight is 282 g/mol. The van der Waals surface area contributed by atoms with Crippen molar-refractivity contribution in [3.63, 3.8) is 0 Å². The lowest BCUT2D eigenvalue weighted by molar-refractivity contribution is -0.147. The Hall–Kier alpha value is -0.280. The Morgan fingerprint density at radius 2 is 1.53 bits per heavy atom. The van der Waals surface area contributed by atoms with E-state index in [1.165, 1.54) is 0 Å². The van der Waals surface area contributed by atoms with Crippen LogP contribution in [0.2, 0.25) is 0 Å². The summed E-state index contributed by atoms with van der Waals surface area (Å²) in [7, 11) is 0. The molecule has 0 aromatic rings. The van der Waals surface area contributed by atoms with Crippen LogP contribution in [0.3, 0.4) is 0 Å². The second-order valence-corrected chi connectivity index (χ2v) is 4.51. The van der Waals surface area contributed by atoms with Crippen LogP contribution in [-0.4, -0.2) is 84.5 Å². The molecule has 0 bridgehead atoms. The number of aliphatic hydroxyl groups excluding tert-OH is 5. The molecule has 2 unspecified atom stereocenters. The van der Waals surface area contributed by atoms with E-state index in [4.69, 9.17) is 14.6 Å². The predicted octanol–water partition coefficient (Wildman–Crippen LogP) is -2.03. The van der Waals surface area contributed by atoms with E-state index in [1.54, 1.807) is 6.92 Å². The Balaban J connectivity index is 4.49. The standard InChI is InChI=1S/C12H26O7/c1-10(6-14)12(8-16,9-17)11(7-15)19-5-4-18-3-2-13/h10-11,13-17H,2-9H2,1H3. The molecule has 19 heavy (non-hydrogen) atoms. The molecule has 0 heterocycles. The zero-order valence-corrected chi connectivity index (χ0v) is 11.4. The van der Waals surface area contributed by atoms with E-state index in [0.717, 1.165) is 0 Å². The molecule has 5 N–H and O–H groups in total. The maximum atomic E-state index is 9.49. The van der Waals surface area contributed by atoms with Crippen molar-refractivity contribution in [1.29, 1.82) is 0 Å². The summed E-state index contributed by atoms with van der Waals surface area (Å²) >= 11 is 0. The fourth-order valence-corrected chi connectivity index (χ4v) is 1.88. The van der Waals surface area contributed by atoms with Gasteiger partial charge in [0.15, 0.2) is 0 Å². The first-order valence-corrected chi connectivity index (χ1v) is 6.36. The second kappa shape index (κ2) is 10.5. The van der Waals surface area contributed by atoms with Gasteiger partial charge in [0.2, 0.25) is 0 Å². The van der Waals surface area contributed by atoms with Gasteiger partial charge in [-0.2, -0.15) is 0 Å². The summed E-state index contributed by atoms with van der Waals surface area (Å²) in [4.78, 5) is 0. The lowest BCUT2D eigenvalue weighted by Crippen LogP contribution is -2.51.